The molecular formula is C32H37FN2S. The van der Waals surface area contributed by atoms with Crippen LogP contribution in [0.2, 0.25) is 0 Å². The van der Waals surface area contributed by atoms with Crippen LogP contribution in [0, 0.1) is 19.7 Å². The molecule has 0 saturated heterocycles. The molecule has 0 aliphatic heterocycles. The molecule has 3 aromatic carbocycles. The number of benzene rings is 3. The third kappa shape index (κ3) is 8.83. The lowest BCUT2D eigenvalue weighted by Gasteiger charge is -2.28. The van der Waals surface area contributed by atoms with Gasteiger partial charge in [-0.15, -0.1) is 0 Å². The van der Waals surface area contributed by atoms with Gasteiger partial charge < -0.3 is 4.90 Å². The van der Waals surface area contributed by atoms with Crippen LogP contribution in [0.15, 0.2) is 106 Å². The third-order valence-electron chi connectivity index (χ3n) is 5.77. The van der Waals surface area contributed by atoms with E-state index in [-0.39, 0.29) is 5.82 Å². The molecule has 0 aromatic heterocycles. The zero-order valence-corrected chi connectivity index (χ0v) is 22.7. The Morgan fingerprint density at radius 1 is 0.889 bits per heavy atom. The lowest BCUT2D eigenvalue weighted by atomic mass is 10.0. The molecule has 36 heavy (non-hydrogen) atoms. The van der Waals surface area contributed by atoms with E-state index in [0.29, 0.717) is 6.54 Å². The van der Waals surface area contributed by atoms with Crippen LogP contribution in [0.3, 0.4) is 0 Å². The van der Waals surface area contributed by atoms with Gasteiger partial charge >= 0.3 is 0 Å². The second kappa shape index (κ2) is 14.4. The molecule has 2 nitrogen and oxygen atoms in total. The second-order valence-corrected chi connectivity index (χ2v) is 9.82. The molecule has 0 N–H and O–H groups in total. The molecule has 0 unspecified atom stereocenters. The SMILES string of the molecule is CC.Cc1ccc(CN(CC2=CC=CCC2)C(=NCc2ccc(F)cc2)Sc2cccc(C)c2)cc1. The fraction of sp³-hybridized carbons (Fsp3) is 0.281. The van der Waals surface area contributed by atoms with Crippen molar-refractivity contribution in [1.82, 2.24) is 4.90 Å². The fourth-order valence-electron chi connectivity index (χ4n) is 3.86. The van der Waals surface area contributed by atoms with E-state index in [4.69, 9.17) is 4.99 Å². The summed E-state index contributed by atoms with van der Waals surface area (Å²) in [5, 5.41) is 0.978. The highest BCUT2D eigenvalue weighted by Crippen LogP contribution is 2.26. The molecular weight excluding hydrogens is 463 g/mol. The molecule has 1 aliphatic rings. The number of rotatable bonds is 7. The summed E-state index contributed by atoms with van der Waals surface area (Å²) in [6, 6.07) is 23.9. The lowest BCUT2D eigenvalue weighted by molar-refractivity contribution is 0.447. The van der Waals surface area contributed by atoms with Gasteiger partial charge in [-0.3, -0.25) is 4.99 Å². The van der Waals surface area contributed by atoms with Gasteiger partial charge in [0.25, 0.3) is 0 Å². The molecule has 0 amide bonds. The van der Waals surface area contributed by atoms with Crippen LogP contribution in [0.1, 0.15) is 48.9 Å². The fourth-order valence-corrected chi connectivity index (χ4v) is 4.85. The molecule has 188 valence electrons. The highest BCUT2D eigenvalue weighted by Gasteiger charge is 2.17. The predicted octanol–water partition coefficient (Wildman–Crippen LogP) is 8.90. The Hall–Kier alpha value is -3.11. The molecule has 0 atom stereocenters. The van der Waals surface area contributed by atoms with Crippen LogP contribution in [-0.4, -0.2) is 16.6 Å². The zero-order chi connectivity index (χ0) is 25.8. The summed E-state index contributed by atoms with van der Waals surface area (Å²) < 4.78 is 13.4. The number of halogens is 1. The first-order valence-electron chi connectivity index (χ1n) is 12.7. The van der Waals surface area contributed by atoms with E-state index in [1.807, 2.05) is 26.0 Å². The predicted molar refractivity (Wildman–Crippen MR) is 154 cm³/mol. The largest absolute Gasteiger partial charge is 0.343 e. The Morgan fingerprint density at radius 3 is 2.28 bits per heavy atom. The van der Waals surface area contributed by atoms with E-state index >= 15 is 0 Å². The van der Waals surface area contributed by atoms with Crippen molar-refractivity contribution in [3.63, 3.8) is 0 Å². The Morgan fingerprint density at radius 2 is 1.61 bits per heavy atom. The van der Waals surface area contributed by atoms with Gasteiger partial charge in [-0.1, -0.05) is 109 Å². The number of aryl methyl sites for hydroxylation is 2. The monoisotopic (exact) mass is 500 g/mol. The van der Waals surface area contributed by atoms with E-state index < -0.39 is 0 Å². The van der Waals surface area contributed by atoms with Gasteiger partial charge in [-0.05, 0) is 62.1 Å². The topological polar surface area (TPSA) is 15.6 Å². The van der Waals surface area contributed by atoms with Gasteiger partial charge in [-0.2, -0.15) is 0 Å². The first kappa shape index (κ1) is 27.5. The lowest BCUT2D eigenvalue weighted by Crippen LogP contribution is -2.31. The van der Waals surface area contributed by atoms with E-state index in [9.17, 15) is 4.39 Å². The number of aliphatic imine (C=N–C) groups is 1. The minimum atomic E-state index is -0.222. The van der Waals surface area contributed by atoms with Crippen molar-refractivity contribution >= 4 is 16.9 Å². The van der Waals surface area contributed by atoms with E-state index in [1.54, 1.807) is 11.8 Å². The van der Waals surface area contributed by atoms with Crippen LogP contribution in [0.25, 0.3) is 0 Å². The van der Waals surface area contributed by atoms with Gasteiger partial charge in [0.15, 0.2) is 5.17 Å². The van der Waals surface area contributed by atoms with Crippen LogP contribution in [-0.2, 0) is 13.1 Å². The van der Waals surface area contributed by atoms with Crippen molar-refractivity contribution in [2.24, 2.45) is 4.99 Å². The van der Waals surface area contributed by atoms with Crippen molar-refractivity contribution in [2.45, 2.75) is 58.5 Å². The third-order valence-corrected chi connectivity index (χ3v) is 6.83. The first-order valence-corrected chi connectivity index (χ1v) is 13.6. The van der Waals surface area contributed by atoms with Crippen molar-refractivity contribution in [3.8, 4) is 0 Å². The number of hydrogen-bond acceptors (Lipinski definition) is 2. The van der Waals surface area contributed by atoms with Crippen LogP contribution in [0.4, 0.5) is 4.39 Å². The van der Waals surface area contributed by atoms with Gasteiger partial charge in [0.05, 0.1) is 6.54 Å². The number of thioether (sulfide) groups is 1. The van der Waals surface area contributed by atoms with Crippen LogP contribution < -0.4 is 0 Å². The Balaban J connectivity index is 0.00000176. The van der Waals surface area contributed by atoms with E-state index in [0.717, 1.165) is 36.7 Å². The number of allylic oxidation sites excluding steroid dienone is 3. The Bertz CT molecular complexity index is 1180. The van der Waals surface area contributed by atoms with Crippen molar-refractivity contribution in [3.05, 3.63) is 125 Å². The molecule has 0 bridgehead atoms. The molecule has 0 saturated carbocycles. The molecule has 0 heterocycles. The standard InChI is InChI=1S/C30H31FN2S.C2H6/c1-23-11-13-27(14-12-23)22-33(21-26-8-4-3-5-9-26)30(34-29-10-6-7-24(2)19-29)32-20-25-15-17-28(31)18-16-25;1-2/h3-4,6-8,10-19H,5,9,20-22H2,1-2H3;1-2H3. The molecule has 4 heteroatoms. The molecule has 0 radical (unpaired) electrons. The number of amidine groups is 1. The minimum absolute atomic E-state index is 0.222. The maximum Gasteiger partial charge on any atom is 0.165 e. The van der Waals surface area contributed by atoms with Gasteiger partial charge in [0, 0.05) is 18.0 Å². The van der Waals surface area contributed by atoms with E-state index in [2.05, 4.69) is 85.5 Å². The van der Waals surface area contributed by atoms with Crippen molar-refractivity contribution in [1.29, 1.82) is 0 Å². The molecule has 0 spiro atoms. The van der Waals surface area contributed by atoms with Gasteiger partial charge in [0.2, 0.25) is 0 Å². The van der Waals surface area contributed by atoms with Gasteiger partial charge in [-0.25, -0.2) is 4.39 Å². The summed E-state index contributed by atoms with van der Waals surface area (Å²) in [6.45, 7) is 10.4. The summed E-state index contributed by atoms with van der Waals surface area (Å²) in [7, 11) is 0. The summed E-state index contributed by atoms with van der Waals surface area (Å²) in [6.07, 6.45) is 8.77. The normalized spacial score (nSPS) is 13.0. The molecule has 4 rings (SSSR count). The highest BCUT2D eigenvalue weighted by atomic mass is 32.2. The van der Waals surface area contributed by atoms with E-state index in [1.165, 1.54) is 39.3 Å². The average Bonchev–Trinajstić information content (AvgIpc) is 2.90. The van der Waals surface area contributed by atoms with Crippen LogP contribution >= 0.6 is 11.8 Å². The Labute approximate surface area is 220 Å². The summed E-state index contributed by atoms with van der Waals surface area (Å²) in [5.41, 5.74) is 6.16. The summed E-state index contributed by atoms with van der Waals surface area (Å²) in [5.74, 6) is -0.222. The maximum absolute atomic E-state index is 13.4. The molecule has 3 aromatic rings. The van der Waals surface area contributed by atoms with Crippen molar-refractivity contribution in [2.75, 3.05) is 6.54 Å². The Kier molecular flexibility index (Phi) is 11.0. The highest BCUT2D eigenvalue weighted by molar-refractivity contribution is 8.13. The maximum atomic E-state index is 13.4. The van der Waals surface area contributed by atoms with Gasteiger partial charge in [0.1, 0.15) is 5.82 Å². The first-order chi connectivity index (χ1) is 17.5. The minimum Gasteiger partial charge on any atom is -0.343 e. The zero-order valence-electron chi connectivity index (χ0n) is 21.9. The molecule has 0 fully saturated rings. The second-order valence-electron chi connectivity index (χ2n) is 8.78. The smallest absolute Gasteiger partial charge is 0.165 e. The summed E-state index contributed by atoms with van der Waals surface area (Å²) >= 11 is 1.70. The van der Waals surface area contributed by atoms with Crippen LogP contribution in [0.5, 0.6) is 0 Å². The average molecular weight is 501 g/mol. The summed E-state index contributed by atoms with van der Waals surface area (Å²) in [4.78, 5) is 8.62. The number of nitrogens with zero attached hydrogens (tertiary/aromatic N) is 2. The number of hydrogen-bond donors (Lipinski definition) is 0. The van der Waals surface area contributed by atoms with Crippen molar-refractivity contribution < 1.29 is 4.39 Å². The molecule has 1 aliphatic carbocycles. The quantitative estimate of drug-likeness (QED) is 0.183.